The van der Waals surface area contributed by atoms with Crippen LogP contribution >= 0.6 is 12.4 Å². The van der Waals surface area contributed by atoms with Gasteiger partial charge in [0.1, 0.15) is 19.0 Å². The highest BCUT2D eigenvalue weighted by atomic mass is 35.5. The number of aromatic nitrogens is 2. The molecule has 2 heterocycles. The molecule has 0 radical (unpaired) electrons. The number of nitrogens with zero attached hydrogens (tertiary/aromatic N) is 2. The van der Waals surface area contributed by atoms with E-state index in [0.717, 1.165) is 11.4 Å². The number of fused-ring (bicyclic) bond motifs is 2. The summed E-state index contributed by atoms with van der Waals surface area (Å²) in [5.74, 6) is 3.26. The van der Waals surface area contributed by atoms with Gasteiger partial charge < -0.3 is 30.0 Å². The van der Waals surface area contributed by atoms with Crippen molar-refractivity contribution in [1.82, 2.24) is 9.97 Å². The number of nitrogen functional groups attached to an aromatic ring is 1. The Bertz CT molecular complexity index is 983. The molecule has 0 saturated heterocycles. The molecule has 1 aliphatic rings. The molecule has 8 nitrogen and oxygen atoms in total. The summed E-state index contributed by atoms with van der Waals surface area (Å²) in [6, 6.07) is 9.08. The molecule has 0 amide bonds. The molecule has 142 valence electrons. The Hall–Kier alpha value is -3.13. The van der Waals surface area contributed by atoms with Gasteiger partial charge in [-0.2, -0.15) is 4.98 Å². The molecule has 0 spiro atoms. The lowest BCUT2D eigenvalue weighted by atomic mass is 10.2. The van der Waals surface area contributed by atoms with Crippen molar-refractivity contribution in [2.75, 3.05) is 38.5 Å². The molecular weight excluding hydrogens is 372 g/mol. The van der Waals surface area contributed by atoms with Gasteiger partial charge in [-0.25, -0.2) is 4.98 Å². The van der Waals surface area contributed by atoms with Gasteiger partial charge in [0.25, 0.3) is 0 Å². The van der Waals surface area contributed by atoms with Crippen LogP contribution in [0.25, 0.3) is 10.9 Å². The first kappa shape index (κ1) is 18.7. The fourth-order valence-corrected chi connectivity index (χ4v) is 2.79. The molecule has 27 heavy (non-hydrogen) atoms. The zero-order chi connectivity index (χ0) is 18.1. The summed E-state index contributed by atoms with van der Waals surface area (Å²) in [6.07, 6.45) is 0. The quantitative estimate of drug-likeness (QED) is 0.700. The van der Waals surface area contributed by atoms with Crippen LogP contribution in [0.5, 0.6) is 23.0 Å². The molecule has 0 fully saturated rings. The maximum absolute atomic E-state index is 6.10. The Balaban J connectivity index is 0.00000210. The standard InChI is InChI=1S/C18H18N4O4.ClH/c1-23-14-8-11-12(9-15(14)24-2)21-18(22-17(11)19)20-10-3-4-13-16(7-10)26-6-5-25-13;/h3-4,7-9H,5-6H2,1-2H3,(H3,19,20,21,22);1H. The highest BCUT2D eigenvalue weighted by Crippen LogP contribution is 2.35. The minimum Gasteiger partial charge on any atom is -0.493 e. The summed E-state index contributed by atoms with van der Waals surface area (Å²) < 4.78 is 21.7. The predicted octanol–water partition coefficient (Wildman–Crippen LogP) is 3.17. The molecule has 3 N–H and O–H groups in total. The molecule has 3 aromatic rings. The summed E-state index contributed by atoms with van der Waals surface area (Å²) in [7, 11) is 3.14. The van der Waals surface area contributed by atoms with E-state index in [4.69, 9.17) is 24.7 Å². The summed E-state index contributed by atoms with van der Waals surface area (Å²) in [5, 5.41) is 3.83. The van der Waals surface area contributed by atoms with Crippen LogP contribution in [0.1, 0.15) is 0 Å². The summed E-state index contributed by atoms with van der Waals surface area (Å²) in [6.45, 7) is 1.08. The lowest BCUT2D eigenvalue weighted by Crippen LogP contribution is -2.15. The van der Waals surface area contributed by atoms with E-state index in [0.29, 0.717) is 53.1 Å². The third-order valence-electron chi connectivity index (χ3n) is 4.03. The molecule has 4 rings (SSSR count). The van der Waals surface area contributed by atoms with E-state index < -0.39 is 0 Å². The highest BCUT2D eigenvalue weighted by Gasteiger charge is 2.14. The van der Waals surface area contributed by atoms with Gasteiger partial charge in [-0.1, -0.05) is 0 Å². The van der Waals surface area contributed by atoms with Crippen molar-refractivity contribution in [1.29, 1.82) is 0 Å². The number of anilines is 3. The first-order chi connectivity index (χ1) is 12.7. The summed E-state index contributed by atoms with van der Waals surface area (Å²) in [5.41, 5.74) is 7.52. The smallest absolute Gasteiger partial charge is 0.229 e. The van der Waals surface area contributed by atoms with Gasteiger partial charge in [-0.15, -0.1) is 12.4 Å². The minimum atomic E-state index is 0. The Labute approximate surface area is 162 Å². The van der Waals surface area contributed by atoms with Crippen LogP contribution in [0, 0.1) is 0 Å². The lowest BCUT2D eigenvalue weighted by Gasteiger charge is -2.19. The molecule has 0 unspecified atom stereocenters. The van der Waals surface area contributed by atoms with Crippen molar-refractivity contribution in [2.45, 2.75) is 0 Å². The van der Waals surface area contributed by atoms with Crippen molar-refractivity contribution in [3.05, 3.63) is 30.3 Å². The number of rotatable bonds is 4. The SMILES string of the molecule is COc1cc2nc(Nc3ccc4c(c3)OCCO4)nc(N)c2cc1OC.Cl. The van der Waals surface area contributed by atoms with Crippen molar-refractivity contribution >= 4 is 40.8 Å². The van der Waals surface area contributed by atoms with Crippen molar-refractivity contribution in [3.63, 3.8) is 0 Å². The van der Waals surface area contributed by atoms with E-state index in [9.17, 15) is 0 Å². The van der Waals surface area contributed by atoms with Gasteiger partial charge in [0.2, 0.25) is 5.95 Å². The predicted molar refractivity (Wildman–Crippen MR) is 105 cm³/mol. The van der Waals surface area contributed by atoms with Gasteiger partial charge in [-0.3, -0.25) is 0 Å². The van der Waals surface area contributed by atoms with E-state index in [1.54, 1.807) is 26.4 Å². The highest BCUT2D eigenvalue weighted by molar-refractivity contribution is 5.92. The number of nitrogens with one attached hydrogen (secondary N) is 1. The Morgan fingerprint density at radius 2 is 1.67 bits per heavy atom. The van der Waals surface area contributed by atoms with Crippen LogP contribution in [0.3, 0.4) is 0 Å². The number of methoxy groups -OCH3 is 2. The van der Waals surface area contributed by atoms with Crippen LogP contribution in [0.2, 0.25) is 0 Å². The molecule has 9 heteroatoms. The van der Waals surface area contributed by atoms with Crippen molar-refractivity contribution < 1.29 is 18.9 Å². The average Bonchev–Trinajstić information content (AvgIpc) is 2.67. The number of hydrogen-bond acceptors (Lipinski definition) is 8. The van der Waals surface area contributed by atoms with E-state index >= 15 is 0 Å². The first-order valence-corrected chi connectivity index (χ1v) is 8.04. The van der Waals surface area contributed by atoms with Crippen LogP contribution in [-0.4, -0.2) is 37.4 Å². The van der Waals surface area contributed by atoms with Gasteiger partial charge in [-0.05, 0) is 18.2 Å². The Morgan fingerprint density at radius 3 is 2.41 bits per heavy atom. The summed E-state index contributed by atoms with van der Waals surface area (Å²) >= 11 is 0. The molecule has 0 saturated carbocycles. The largest absolute Gasteiger partial charge is 0.493 e. The molecule has 0 aliphatic carbocycles. The van der Waals surface area contributed by atoms with E-state index in [1.165, 1.54) is 0 Å². The molecule has 1 aromatic heterocycles. The van der Waals surface area contributed by atoms with Crippen LogP contribution in [0.15, 0.2) is 30.3 Å². The molecular formula is C18H19ClN4O4. The fraction of sp³-hybridized carbons (Fsp3) is 0.222. The number of benzene rings is 2. The second-order valence-corrected chi connectivity index (χ2v) is 5.64. The van der Waals surface area contributed by atoms with Crippen LogP contribution in [-0.2, 0) is 0 Å². The number of ether oxygens (including phenoxy) is 4. The zero-order valence-electron chi connectivity index (χ0n) is 14.8. The zero-order valence-corrected chi connectivity index (χ0v) is 15.6. The average molecular weight is 391 g/mol. The fourth-order valence-electron chi connectivity index (χ4n) is 2.79. The molecule has 0 atom stereocenters. The topological polar surface area (TPSA) is 101 Å². The van der Waals surface area contributed by atoms with Gasteiger partial charge in [0.05, 0.1) is 19.7 Å². The second kappa shape index (κ2) is 7.63. The monoisotopic (exact) mass is 390 g/mol. The molecule has 2 aromatic carbocycles. The van der Waals surface area contributed by atoms with Gasteiger partial charge in [0, 0.05) is 23.2 Å². The van der Waals surface area contributed by atoms with Crippen molar-refractivity contribution in [2.24, 2.45) is 0 Å². The Morgan fingerprint density at radius 1 is 0.963 bits per heavy atom. The third kappa shape index (κ3) is 3.56. The summed E-state index contributed by atoms with van der Waals surface area (Å²) in [4.78, 5) is 8.84. The third-order valence-corrected chi connectivity index (χ3v) is 4.03. The maximum Gasteiger partial charge on any atom is 0.229 e. The number of hydrogen-bond donors (Lipinski definition) is 2. The van der Waals surface area contributed by atoms with Gasteiger partial charge >= 0.3 is 0 Å². The second-order valence-electron chi connectivity index (χ2n) is 5.64. The van der Waals surface area contributed by atoms with Crippen LogP contribution < -0.4 is 30.0 Å². The first-order valence-electron chi connectivity index (χ1n) is 8.04. The lowest BCUT2D eigenvalue weighted by molar-refractivity contribution is 0.171. The van der Waals surface area contributed by atoms with Crippen LogP contribution in [0.4, 0.5) is 17.5 Å². The van der Waals surface area contributed by atoms with Gasteiger partial charge in [0.15, 0.2) is 23.0 Å². The van der Waals surface area contributed by atoms with Crippen molar-refractivity contribution in [3.8, 4) is 23.0 Å². The number of nitrogens with two attached hydrogens (primary N) is 1. The number of halogens is 1. The molecule has 0 bridgehead atoms. The molecule has 1 aliphatic heterocycles. The normalized spacial score (nSPS) is 12.2. The minimum absolute atomic E-state index is 0. The Kier molecular flexibility index (Phi) is 5.27. The van der Waals surface area contributed by atoms with E-state index in [2.05, 4.69) is 15.3 Å². The van der Waals surface area contributed by atoms with E-state index in [-0.39, 0.29) is 12.4 Å². The maximum atomic E-state index is 6.10. The van der Waals surface area contributed by atoms with E-state index in [1.807, 2.05) is 18.2 Å².